The van der Waals surface area contributed by atoms with Crippen LogP contribution in [0.15, 0.2) is 30.0 Å². The van der Waals surface area contributed by atoms with E-state index in [1.165, 1.54) is 19.3 Å². The molecule has 0 heterocycles. The van der Waals surface area contributed by atoms with E-state index in [0.29, 0.717) is 13.2 Å². The van der Waals surface area contributed by atoms with Crippen molar-refractivity contribution in [3.05, 3.63) is 30.0 Å². The summed E-state index contributed by atoms with van der Waals surface area (Å²) in [5.41, 5.74) is 3.13. The Kier molecular flexibility index (Phi) is 13.6. The summed E-state index contributed by atoms with van der Waals surface area (Å²) >= 11 is 0. The number of allylic oxidation sites excluding steroid dienone is 2. The molecule has 0 bridgehead atoms. The van der Waals surface area contributed by atoms with Crippen molar-refractivity contribution in [2.24, 2.45) is 0 Å². The fourth-order valence-electron chi connectivity index (χ4n) is 1.52. The van der Waals surface area contributed by atoms with Crippen LogP contribution in [-0.2, 0) is 9.47 Å². The van der Waals surface area contributed by atoms with Gasteiger partial charge in [0.1, 0.15) is 0 Å². The summed E-state index contributed by atoms with van der Waals surface area (Å²) in [5, 5.41) is 0. The molecule has 0 aromatic heterocycles. The van der Waals surface area contributed by atoms with Crippen molar-refractivity contribution in [1.82, 2.24) is 0 Å². The molecule has 0 aliphatic rings. The minimum atomic E-state index is -0.130. The van der Waals surface area contributed by atoms with Gasteiger partial charge in [0, 0.05) is 19.6 Å². The Morgan fingerprint density at radius 3 is 2.39 bits per heavy atom. The smallest absolute Gasteiger partial charge is 0.161 e. The summed E-state index contributed by atoms with van der Waals surface area (Å²) < 4.78 is 10.9. The first-order chi connectivity index (χ1) is 8.85. The molecule has 0 unspecified atom stereocenters. The number of unbranched alkanes of at least 4 members (excludes halogenated alkanes) is 3. The van der Waals surface area contributed by atoms with Gasteiger partial charge in [-0.05, 0) is 38.8 Å². The van der Waals surface area contributed by atoms with E-state index >= 15 is 0 Å². The average Bonchev–Trinajstić information content (AvgIpc) is 2.37. The number of ether oxygens (including phenoxy) is 2. The average molecular weight is 252 g/mol. The molecule has 0 N–H and O–H groups in total. The lowest BCUT2D eigenvalue weighted by Gasteiger charge is -2.13. The zero-order chi connectivity index (χ0) is 13.5. The van der Waals surface area contributed by atoms with Crippen LogP contribution < -0.4 is 0 Å². The lowest BCUT2D eigenvalue weighted by Crippen LogP contribution is -2.15. The van der Waals surface area contributed by atoms with Crippen molar-refractivity contribution in [1.29, 1.82) is 0 Å². The van der Waals surface area contributed by atoms with Gasteiger partial charge in [0.15, 0.2) is 6.29 Å². The Labute approximate surface area is 112 Å². The molecule has 0 aliphatic carbocycles. The van der Waals surface area contributed by atoms with E-state index < -0.39 is 0 Å². The molecule has 104 valence electrons. The maximum atomic E-state index is 5.43. The highest BCUT2D eigenvalue weighted by molar-refractivity contribution is 5.02. The highest BCUT2D eigenvalue weighted by Crippen LogP contribution is 2.02. The normalized spacial score (nSPS) is 10.9. The highest BCUT2D eigenvalue weighted by atomic mass is 16.7. The van der Waals surface area contributed by atoms with Crippen LogP contribution in [0.4, 0.5) is 0 Å². The molecule has 18 heavy (non-hydrogen) atoms. The summed E-state index contributed by atoms with van der Waals surface area (Å²) in [5.74, 6) is 0. The highest BCUT2D eigenvalue weighted by Gasteiger charge is 2.03. The molecule has 0 aromatic rings. The Bertz CT molecular complexity index is 244. The van der Waals surface area contributed by atoms with Crippen LogP contribution in [0.5, 0.6) is 0 Å². The zero-order valence-electron chi connectivity index (χ0n) is 12.2. The van der Waals surface area contributed by atoms with Crippen LogP contribution >= 0.6 is 0 Å². The van der Waals surface area contributed by atoms with Gasteiger partial charge >= 0.3 is 0 Å². The SMILES string of the molecule is CCCCC/C=C\C=C=CCC(OCC)OCC. The van der Waals surface area contributed by atoms with Gasteiger partial charge in [0.05, 0.1) is 0 Å². The third kappa shape index (κ3) is 11.7. The van der Waals surface area contributed by atoms with Crippen molar-refractivity contribution in [2.45, 2.75) is 59.2 Å². The second kappa shape index (κ2) is 14.2. The van der Waals surface area contributed by atoms with Crippen molar-refractivity contribution in [3.8, 4) is 0 Å². The molecule has 2 heteroatoms. The Morgan fingerprint density at radius 1 is 1.06 bits per heavy atom. The molecule has 0 spiro atoms. The van der Waals surface area contributed by atoms with Gasteiger partial charge in [-0.15, -0.1) is 5.73 Å². The Balaban J connectivity index is 3.76. The number of hydrogen-bond donors (Lipinski definition) is 0. The monoisotopic (exact) mass is 252 g/mol. The second-order valence-electron chi connectivity index (χ2n) is 4.04. The lowest BCUT2D eigenvalue weighted by molar-refractivity contribution is -0.133. The molecular weight excluding hydrogens is 224 g/mol. The predicted molar refractivity (Wildman–Crippen MR) is 77.6 cm³/mol. The predicted octanol–water partition coefficient (Wildman–Crippen LogP) is 4.62. The van der Waals surface area contributed by atoms with Gasteiger partial charge in [-0.2, -0.15) is 0 Å². The van der Waals surface area contributed by atoms with Crippen LogP contribution in [0, 0.1) is 0 Å². The first kappa shape index (κ1) is 17.2. The maximum Gasteiger partial charge on any atom is 0.161 e. The molecule has 0 fully saturated rings. The van der Waals surface area contributed by atoms with E-state index in [2.05, 4.69) is 24.8 Å². The fourth-order valence-corrected chi connectivity index (χ4v) is 1.52. The van der Waals surface area contributed by atoms with Crippen LogP contribution in [0.25, 0.3) is 0 Å². The van der Waals surface area contributed by atoms with Gasteiger partial charge in [0.2, 0.25) is 0 Å². The van der Waals surface area contributed by atoms with E-state index in [4.69, 9.17) is 9.47 Å². The standard InChI is InChI=1S/C16H28O2/c1-4-7-8-9-10-11-12-13-14-15-16(17-5-2)18-6-3/h10-12,14,16H,4-9,15H2,1-3H3/b11-10-. The molecule has 0 saturated heterocycles. The molecule has 0 aromatic carbocycles. The molecular formula is C16H28O2. The third-order valence-electron chi connectivity index (χ3n) is 2.44. The van der Waals surface area contributed by atoms with Crippen molar-refractivity contribution in [2.75, 3.05) is 13.2 Å². The quantitative estimate of drug-likeness (QED) is 0.231. The number of hydrogen-bond acceptors (Lipinski definition) is 2. The van der Waals surface area contributed by atoms with Crippen LogP contribution in [0.3, 0.4) is 0 Å². The molecule has 0 atom stereocenters. The van der Waals surface area contributed by atoms with Gasteiger partial charge < -0.3 is 9.47 Å². The zero-order valence-corrected chi connectivity index (χ0v) is 12.2. The molecule has 2 nitrogen and oxygen atoms in total. The van der Waals surface area contributed by atoms with Crippen LogP contribution in [0.2, 0.25) is 0 Å². The van der Waals surface area contributed by atoms with Gasteiger partial charge in [0.25, 0.3) is 0 Å². The van der Waals surface area contributed by atoms with E-state index in [1.54, 1.807) is 0 Å². The molecule has 0 radical (unpaired) electrons. The van der Waals surface area contributed by atoms with E-state index in [1.807, 2.05) is 26.0 Å². The summed E-state index contributed by atoms with van der Waals surface area (Å²) in [6.45, 7) is 7.54. The molecule has 0 rings (SSSR count). The minimum absolute atomic E-state index is 0.130. The van der Waals surface area contributed by atoms with Gasteiger partial charge in [-0.3, -0.25) is 0 Å². The second-order valence-corrected chi connectivity index (χ2v) is 4.04. The Morgan fingerprint density at radius 2 is 1.78 bits per heavy atom. The minimum Gasteiger partial charge on any atom is -0.353 e. The summed E-state index contributed by atoms with van der Waals surface area (Å²) in [6, 6.07) is 0. The van der Waals surface area contributed by atoms with Gasteiger partial charge in [-0.25, -0.2) is 0 Å². The first-order valence-corrected chi connectivity index (χ1v) is 7.14. The Hall–Kier alpha value is -0.820. The van der Waals surface area contributed by atoms with E-state index in [9.17, 15) is 0 Å². The van der Waals surface area contributed by atoms with Crippen LogP contribution in [-0.4, -0.2) is 19.5 Å². The van der Waals surface area contributed by atoms with E-state index in [0.717, 1.165) is 12.8 Å². The van der Waals surface area contributed by atoms with Gasteiger partial charge in [-0.1, -0.05) is 31.9 Å². The van der Waals surface area contributed by atoms with Crippen molar-refractivity contribution in [3.63, 3.8) is 0 Å². The molecule has 0 saturated carbocycles. The summed E-state index contributed by atoms with van der Waals surface area (Å²) in [7, 11) is 0. The number of rotatable bonds is 11. The van der Waals surface area contributed by atoms with Crippen molar-refractivity contribution >= 4 is 0 Å². The third-order valence-corrected chi connectivity index (χ3v) is 2.44. The summed E-state index contributed by atoms with van der Waals surface area (Å²) in [6.07, 6.45) is 13.8. The lowest BCUT2D eigenvalue weighted by atomic mass is 10.2. The van der Waals surface area contributed by atoms with E-state index in [-0.39, 0.29) is 6.29 Å². The largest absolute Gasteiger partial charge is 0.353 e. The molecule has 0 aliphatic heterocycles. The maximum absolute atomic E-state index is 5.43. The summed E-state index contributed by atoms with van der Waals surface area (Å²) in [4.78, 5) is 0. The van der Waals surface area contributed by atoms with Crippen LogP contribution in [0.1, 0.15) is 52.9 Å². The fraction of sp³-hybridized carbons (Fsp3) is 0.688. The first-order valence-electron chi connectivity index (χ1n) is 7.14. The van der Waals surface area contributed by atoms with Crippen molar-refractivity contribution < 1.29 is 9.47 Å². The topological polar surface area (TPSA) is 18.5 Å². The molecule has 0 amide bonds.